The molecule has 0 saturated heterocycles. The average Bonchev–Trinajstić information content (AvgIpc) is 2.49. The number of ether oxygens (including phenoxy) is 1. The summed E-state index contributed by atoms with van der Waals surface area (Å²) in [6.45, 7) is 0. The smallest absolute Gasteiger partial charge is 0.269 e. The van der Waals surface area contributed by atoms with Crippen LogP contribution in [0, 0.1) is 10.1 Å². The van der Waals surface area contributed by atoms with Gasteiger partial charge in [-0.25, -0.2) is 0 Å². The topological polar surface area (TPSA) is 97.0 Å². The molecule has 108 valence electrons. The van der Waals surface area contributed by atoms with Gasteiger partial charge in [-0.3, -0.25) is 15.5 Å². The molecule has 0 heterocycles. The van der Waals surface area contributed by atoms with Gasteiger partial charge in [0.2, 0.25) is 0 Å². The zero-order chi connectivity index (χ0) is 15.2. The molecule has 21 heavy (non-hydrogen) atoms. The Morgan fingerprint density at radius 1 is 1.29 bits per heavy atom. The maximum Gasteiger partial charge on any atom is 0.269 e. The largest absolute Gasteiger partial charge is 0.504 e. The minimum Gasteiger partial charge on any atom is -0.504 e. The van der Waals surface area contributed by atoms with Crippen LogP contribution in [-0.4, -0.2) is 23.4 Å². The number of rotatable bonds is 5. The molecule has 7 heteroatoms. The van der Waals surface area contributed by atoms with Gasteiger partial charge in [-0.15, -0.1) is 0 Å². The van der Waals surface area contributed by atoms with E-state index in [1.807, 2.05) is 0 Å². The van der Waals surface area contributed by atoms with E-state index in [-0.39, 0.29) is 11.4 Å². The summed E-state index contributed by atoms with van der Waals surface area (Å²) in [6, 6.07) is 10.9. The second kappa shape index (κ2) is 6.38. The van der Waals surface area contributed by atoms with Crippen LogP contribution in [0.15, 0.2) is 47.6 Å². The van der Waals surface area contributed by atoms with E-state index in [0.717, 1.165) is 0 Å². The van der Waals surface area contributed by atoms with Gasteiger partial charge in [0.25, 0.3) is 5.69 Å². The van der Waals surface area contributed by atoms with Gasteiger partial charge in [0.15, 0.2) is 11.5 Å². The number of benzene rings is 2. The van der Waals surface area contributed by atoms with Gasteiger partial charge in [-0.05, 0) is 24.3 Å². The molecule has 0 aliphatic heterocycles. The molecule has 0 saturated carbocycles. The molecule has 2 aromatic carbocycles. The molecule has 0 aliphatic rings. The summed E-state index contributed by atoms with van der Waals surface area (Å²) < 4.78 is 4.99. The number of non-ortho nitro benzene ring substituents is 1. The second-order valence-electron chi connectivity index (χ2n) is 4.07. The Morgan fingerprint density at radius 2 is 2.00 bits per heavy atom. The molecule has 0 aromatic heterocycles. The lowest BCUT2D eigenvalue weighted by Crippen LogP contribution is -1.93. The van der Waals surface area contributed by atoms with Crippen LogP contribution in [0.25, 0.3) is 0 Å². The molecule has 0 spiro atoms. The Kier molecular flexibility index (Phi) is 4.35. The summed E-state index contributed by atoms with van der Waals surface area (Å²) in [7, 11) is 1.46. The predicted molar refractivity (Wildman–Crippen MR) is 79.0 cm³/mol. The summed E-state index contributed by atoms with van der Waals surface area (Å²) in [6.07, 6.45) is 1.43. The predicted octanol–water partition coefficient (Wildman–Crippen LogP) is 2.76. The summed E-state index contributed by atoms with van der Waals surface area (Å²) in [5.74, 6) is 0.350. The number of aromatic hydroxyl groups is 1. The minimum atomic E-state index is -0.471. The number of nitro benzene ring substituents is 1. The van der Waals surface area contributed by atoms with Crippen LogP contribution in [-0.2, 0) is 0 Å². The van der Waals surface area contributed by atoms with E-state index in [1.165, 1.54) is 25.5 Å². The highest BCUT2D eigenvalue weighted by molar-refractivity contribution is 5.85. The molecule has 2 N–H and O–H groups in total. The highest BCUT2D eigenvalue weighted by Crippen LogP contribution is 2.28. The highest BCUT2D eigenvalue weighted by Gasteiger charge is 2.05. The van der Waals surface area contributed by atoms with Crippen LogP contribution in [0.1, 0.15) is 5.56 Å². The Balaban J connectivity index is 2.07. The first-order valence-corrected chi connectivity index (χ1v) is 6.01. The van der Waals surface area contributed by atoms with E-state index >= 15 is 0 Å². The number of anilines is 1. The van der Waals surface area contributed by atoms with Crippen molar-refractivity contribution >= 4 is 17.6 Å². The Labute approximate surface area is 120 Å². The number of nitrogens with zero attached hydrogens (tertiary/aromatic N) is 2. The first kappa shape index (κ1) is 14.3. The summed E-state index contributed by atoms with van der Waals surface area (Å²) in [5, 5.41) is 24.4. The van der Waals surface area contributed by atoms with Crippen molar-refractivity contribution in [2.75, 3.05) is 12.5 Å². The number of hydrazone groups is 1. The number of methoxy groups -OCH3 is 1. The van der Waals surface area contributed by atoms with Gasteiger partial charge in [-0.1, -0.05) is 6.07 Å². The van der Waals surface area contributed by atoms with Crippen LogP contribution in [0.4, 0.5) is 11.4 Å². The normalized spacial score (nSPS) is 10.5. The molecule has 0 aliphatic carbocycles. The number of phenols is 1. The quantitative estimate of drug-likeness (QED) is 0.500. The molecule has 0 radical (unpaired) electrons. The maximum absolute atomic E-state index is 10.5. The van der Waals surface area contributed by atoms with Crippen LogP contribution in [0.5, 0.6) is 11.5 Å². The molecule has 7 nitrogen and oxygen atoms in total. The molecule has 0 unspecified atom stereocenters. The summed E-state index contributed by atoms with van der Waals surface area (Å²) in [4.78, 5) is 10.1. The fraction of sp³-hybridized carbons (Fsp3) is 0.0714. The monoisotopic (exact) mass is 287 g/mol. The molecule has 0 atom stereocenters. The molecule has 2 aromatic rings. The van der Waals surface area contributed by atoms with Crippen molar-refractivity contribution in [3.63, 3.8) is 0 Å². The van der Waals surface area contributed by atoms with Crippen molar-refractivity contribution in [2.24, 2.45) is 5.10 Å². The zero-order valence-corrected chi connectivity index (χ0v) is 11.2. The first-order valence-electron chi connectivity index (χ1n) is 6.01. The molecule has 0 amide bonds. The molecule has 2 rings (SSSR count). The highest BCUT2D eigenvalue weighted by atomic mass is 16.6. The number of hydrogen-bond donors (Lipinski definition) is 2. The van der Waals surface area contributed by atoms with E-state index in [4.69, 9.17) is 4.74 Å². The van der Waals surface area contributed by atoms with E-state index in [9.17, 15) is 15.2 Å². The third-order valence-electron chi connectivity index (χ3n) is 2.73. The number of para-hydroxylation sites is 1. The minimum absolute atomic E-state index is 0.00532. The van der Waals surface area contributed by atoms with Gasteiger partial charge < -0.3 is 9.84 Å². The number of hydrogen-bond acceptors (Lipinski definition) is 6. The van der Waals surface area contributed by atoms with Gasteiger partial charge in [0, 0.05) is 17.7 Å². The number of nitrogens with one attached hydrogen (secondary N) is 1. The van der Waals surface area contributed by atoms with E-state index < -0.39 is 4.92 Å². The summed E-state index contributed by atoms with van der Waals surface area (Å²) >= 11 is 0. The molecule has 0 bridgehead atoms. The molecule has 0 fully saturated rings. The summed E-state index contributed by atoms with van der Waals surface area (Å²) in [5.41, 5.74) is 3.81. The Bertz CT molecular complexity index is 668. The average molecular weight is 287 g/mol. The van der Waals surface area contributed by atoms with Crippen molar-refractivity contribution in [3.8, 4) is 11.5 Å². The lowest BCUT2D eigenvalue weighted by Gasteiger charge is -2.05. The van der Waals surface area contributed by atoms with Crippen molar-refractivity contribution in [1.29, 1.82) is 0 Å². The first-order chi connectivity index (χ1) is 10.1. The Morgan fingerprint density at radius 3 is 2.62 bits per heavy atom. The van der Waals surface area contributed by atoms with Crippen LogP contribution < -0.4 is 10.2 Å². The number of phenolic OH excluding ortho intramolecular Hbond substituents is 1. The standard InChI is InChI=1S/C14H13N3O4/c1-21-13-4-2-3-10(14(13)18)9-15-16-11-5-7-12(8-6-11)17(19)20/h2-9,16,18H,1H3/b15-9-. The van der Waals surface area contributed by atoms with Crippen molar-refractivity contribution in [1.82, 2.24) is 0 Å². The van der Waals surface area contributed by atoms with Gasteiger partial charge in [-0.2, -0.15) is 5.10 Å². The van der Waals surface area contributed by atoms with Crippen molar-refractivity contribution in [2.45, 2.75) is 0 Å². The van der Waals surface area contributed by atoms with E-state index in [1.54, 1.807) is 30.3 Å². The second-order valence-corrected chi connectivity index (χ2v) is 4.07. The van der Waals surface area contributed by atoms with Crippen molar-refractivity contribution < 1.29 is 14.8 Å². The fourth-order valence-electron chi connectivity index (χ4n) is 1.64. The molecular formula is C14H13N3O4. The van der Waals surface area contributed by atoms with Crippen LogP contribution >= 0.6 is 0 Å². The van der Waals surface area contributed by atoms with Crippen LogP contribution in [0.3, 0.4) is 0 Å². The van der Waals surface area contributed by atoms with Gasteiger partial charge in [0.1, 0.15) is 0 Å². The fourth-order valence-corrected chi connectivity index (χ4v) is 1.64. The lowest BCUT2D eigenvalue weighted by atomic mass is 10.2. The lowest BCUT2D eigenvalue weighted by molar-refractivity contribution is -0.384. The SMILES string of the molecule is COc1cccc(/C=N\Nc2ccc([N+](=O)[O-])cc2)c1O. The van der Waals surface area contributed by atoms with E-state index in [2.05, 4.69) is 10.5 Å². The van der Waals surface area contributed by atoms with Crippen LogP contribution in [0.2, 0.25) is 0 Å². The molecular weight excluding hydrogens is 274 g/mol. The third kappa shape index (κ3) is 3.47. The maximum atomic E-state index is 10.5. The van der Waals surface area contributed by atoms with Crippen molar-refractivity contribution in [3.05, 3.63) is 58.1 Å². The van der Waals surface area contributed by atoms with Gasteiger partial charge >= 0.3 is 0 Å². The van der Waals surface area contributed by atoms with Gasteiger partial charge in [0.05, 0.1) is 23.9 Å². The third-order valence-corrected chi connectivity index (χ3v) is 2.73. The number of nitro groups is 1. The zero-order valence-electron chi connectivity index (χ0n) is 11.2. The van der Waals surface area contributed by atoms with E-state index in [0.29, 0.717) is 17.0 Å². The Hall–Kier alpha value is -3.09.